The van der Waals surface area contributed by atoms with Gasteiger partial charge >= 0.3 is 87.1 Å². The molecule has 0 aliphatic rings. The number of hydrogen-bond donors (Lipinski definition) is 0. The third-order valence-corrected chi connectivity index (χ3v) is 2.11. The first-order chi connectivity index (χ1) is 5.49. The first kappa shape index (κ1) is 12.0. The Kier molecular flexibility index (Phi) is 5.66. The van der Waals surface area contributed by atoms with E-state index in [0.29, 0.717) is 5.92 Å². The summed E-state index contributed by atoms with van der Waals surface area (Å²) in [6.07, 6.45) is 5.50. The maximum absolute atomic E-state index is 3.25. The molecule has 68 valence electrons. The molecule has 0 saturated carbocycles. The van der Waals surface area contributed by atoms with Crippen LogP contribution in [0.25, 0.3) is 0 Å². The second kappa shape index (κ2) is 5.64. The van der Waals surface area contributed by atoms with E-state index in [1.807, 2.05) is 6.92 Å². The van der Waals surface area contributed by atoms with Crippen molar-refractivity contribution in [3.8, 4) is 0 Å². The van der Waals surface area contributed by atoms with Gasteiger partial charge in [-0.2, -0.15) is 0 Å². The van der Waals surface area contributed by atoms with Crippen LogP contribution in [0.3, 0.4) is 0 Å². The minimum absolute atomic E-state index is 0.584. The second-order valence-corrected chi connectivity index (χ2v) is 5.57. The summed E-state index contributed by atoms with van der Waals surface area (Å²) >= 11 is 1.54. The van der Waals surface area contributed by atoms with Crippen LogP contribution in [0.15, 0.2) is 17.2 Å². The average molecular weight is 333 g/mol. The van der Waals surface area contributed by atoms with Crippen LogP contribution in [0, 0.1) is 12.0 Å². The Hall–Kier alpha value is 0.0383. The van der Waals surface area contributed by atoms with Crippen molar-refractivity contribution in [3.63, 3.8) is 0 Å². The summed E-state index contributed by atoms with van der Waals surface area (Å²) in [5.74, 6) is 0.584. The van der Waals surface area contributed by atoms with Crippen LogP contribution in [0.1, 0.15) is 34.6 Å². The van der Waals surface area contributed by atoms with E-state index in [9.17, 15) is 0 Å². The van der Waals surface area contributed by atoms with Crippen LogP contribution in [-0.4, -0.2) is 3.90 Å². The summed E-state index contributed by atoms with van der Waals surface area (Å²) in [5.41, 5.74) is 2.70. The maximum atomic E-state index is 3.25. The molecule has 0 aromatic rings. The fraction of sp³-hybridized carbons (Fsp3) is 0.545. The van der Waals surface area contributed by atoms with Gasteiger partial charge in [-0.3, -0.25) is 0 Å². The predicted molar refractivity (Wildman–Crippen MR) is 51.7 cm³/mol. The molecular formula is C11H17W-. The molecule has 0 radical (unpaired) electrons. The van der Waals surface area contributed by atoms with E-state index in [-0.39, 0.29) is 0 Å². The first-order valence-corrected chi connectivity index (χ1v) is 5.69. The van der Waals surface area contributed by atoms with E-state index in [4.69, 9.17) is 0 Å². The molecule has 0 nitrogen and oxygen atoms in total. The minimum atomic E-state index is 0.584. The zero-order valence-electron chi connectivity index (χ0n) is 8.56. The molecule has 0 aromatic carbocycles. The Morgan fingerprint density at radius 2 is 1.83 bits per heavy atom. The SMILES string of the molecule is C[C-]=C(C(C)=C[C](C)=[W])C(C)C. The van der Waals surface area contributed by atoms with Gasteiger partial charge in [0.2, 0.25) is 0 Å². The van der Waals surface area contributed by atoms with Crippen LogP contribution in [0.2, 0.25) is 0 Å². The van der Waals surface area contributed by atoms with Gasteiger partial charge in [0.05, 0.1) is 0 Å². The third-order valence-electron chi connectivity index (χ3n) is 1.69. The summed E-state index contributed by atoms with van der Waals surface area (Å²) in [7, 11) is 0. The molecule has 0 saturated heterocycles. The molecule has 12 heavy (non-hydrogen) atoms. The normalized spacial score (nSPS) is 13.8. The molecular weight excluding hydrogens is 316 g/mol. The molecule has 0 aromatic heterocycles. The molecule has 0 spiro atoms. The van der Waals surface area contributed by atoms with Crippen molar-refractivity contribution >= 4 is 3.90 Å². The van der Waals surface area contributed by atoms with Gasteiger partial charge < -0.3 is 0 Å². The topological polar surface area (TPSA) is 0 Å². The second-order valence-electron chi connectivity index (χ2n) is 3.26. The van der Waals surface area contributed by atoms with E-state index in [1.165, 1.54) is 15.0 Å². The monoisotopic (exact) mass is 333 g/mol. The van der Waals surface area contributed by atoms with E-state index < -0.39 is 0 Å². The van der Waals surface area contributed by atoms with E-state index in [2.05, 4.69) is 39.8 Å². The van der Waals surface area contributed by atoms with Crippen LogP contribution < -0.4 is 0 Å². The quantitative estimate of drug-likeness (QED) is 0.550. The Balaban J connectivity index is 4.66. The van der Waals surface area contributed by atoms with Gasteiger partial charge in [0.1, 0.15) is 0 Å². The summed E-state index contributed by atoms with van der Waals surface area (Å²) in [4.78, 5) is 0. The van der Waals surface area contributed by atoms with Crippen LogP contribution in [-0.2, 0) is 19.4 Å². The molecule has 1 heteroatoms. The van der Waals surface area contributed by atoms with Crippen molar-refractivity contribution in [2.45, 2.75) is 34.6 Å². The zero-order valence-corrected chi connectivity index (χ0v) is 11.5. The van der Waals surface area contributed by atoms with Crippen LogP contribution in [0.4, 0.5) is 0 Å². The van der Waals surface area contributed by atoms with Gasteiger partial charge in [-0.05, 0) is 0 Å². The molecule has 0 aliphatic heterocycles. The number of allylic oxidation sites excluding steroid dienone is 4. The average Bonchev–Trinajstić information content (AvgIpc) is 1.85. The van der Waals surface area contributed by atoms with Crippen molar-refractivity contribution in [1.82, 2.24) is 0 Å². The van der Waals surface area contributed by atoms with Crippen molar-refractivity contribution < 1.29 is 19.4 Å². The summed E-state index contributed by atoms with van der Waals surface area (Å²) in [6, 6.07) is 0. The summed E-state index contributed by atoms with van der Waals surface area (Å²) in [5, 5.41) is 0. The predicted octanol–water partition coefficient (Wildman–Crippen LogP) is 3.08. The summed E-state index contributed by atoms with van der Waals surface area (Å²) < 4.78 is 1.43. The van der Waals surface area contributed by atoms with Crippen molar-refractivity contribution in [3.05, 3.63) is 23.3 Å². The van der Waals surface area contributed by atoms with Crippen LogP contribution in [0.5, 0.6) is 0 Å². The van der Waals surface area contributed by atoms with E-state index in [0.717, 1.165) is 0 Å². The van der Waals surface area contributed by atoms with E-state index >= 15 is 0 Å². The standard InChI is InChI=1S/C11H17.W/c1-6-8-10(5)11(7-2)9(3)4;/h8-9H,1-5H3;/q-1;. The molecule has 0 unspecified atom stereocenters. The fourth-order valence-corrected chi connectivity index (χ4v) is 1.96. The van der Waals surface area contributed by atoms with Crippen molar-refractivity contribution in [2.24, 2.45) is 5.92 Å². The fourth-order valence-electron chi connectivity index (χ4n) is 1.32. The van der Waals surface area contributed by atoms with Crippen molar-refractivity contribution in [2.75, 3.05) is 0 Å². The molecule has 0 amide bonds. The van der Waals surface area contributed by atoms with Gasteiger partial charge in [-0.25, -0.2) is 0 Å². The Morgan fingerprint density at radius 3 is 2.08 bits per heavy atom. The van der Waals surface area contributed by atoms with Gasteiger partial charge in [-0.1, -0.05) is 0 Å². The molecule has 0 bridgehead atoms. The van der Waals surface area contributed by atoms with Gasteiger partial charge in [0.15, 0.2) is 0 Å². The summed E-state index contributed by atoms with van der Waals surface area (Å²) in [6.45, 7) is 10.7. The Labute approximate surface area is 87.2 Å². The molecule has 0 atom stereocenters. The van der Waals surface area contributed by atoms with Gasteiger partial charge in [-0.15, -0.1) is 0 Å². The Morgan fingerprint density at radius 1 is 1.33 bits per heavy atom. The van der Waals surface area contributed by atoms with E-state index in [1.54, 1.807) is 19.4 Å². The zero-order chi connectivity index (χ0) is 9.72. The van der Waals surface area contributed by atoms with Crippen molar-refractivity contribution in [1.29, 1.82) is 0 Å². The number of rotatable bonds is 3. The molecule has 0 aliphatic carbocycles. The van der Waals surface area contributed by atoms with Gasteiger partial charge in [0, 0.05) is 0 Å². The van der Waals surface area contributed by atoms with Crippen LogP contribution >= 0.6 is 0 Å². The number of hydrogen-bond acceptors (Lipinski definition) is 0. The third kappa shape index (κ3) is 4.16. The molecule has 0 fully saturated rings. The molecule has 0 heterocycles. The first-order valence-electron chi connectivity index (χ1n) is 4.22. The molecule has 0 rings (SSSR count). The molecule has 0 N–H and O–H groups in total. The Bertz CT molecular complexity index is 219. The van der Waals surface area contributed by atoms with Gasteiger partial charge in [0.25, 0.3) is 0 Å².